The summed E-state index contributed by atoms with van der Waals surface area (Å²) in [5.41, 5.74) is -2.06. The summed E-state index contributed by atoms with van der Waals surface area (Å²) in [5, 5.41) is 17.8. The predicted molar refractivity (Wildman–Crippen MR) is 40.5 cm³/mol. The highest BCUT2D eigenvalue weighted by atomic mass is 16.4. The Hall–Kier alpha value is -1.42. The molecule has 0 fully saturated rings. The molecule has 0 aromatic rings. The fraction of sp³-hybridized carbons (Fsp3) is 0.250. The van der Waals surface area contributed by atoms with Gasteiger partial charge in [0.2, 0.25) is 5.78 Å². The minimum atomic E-state index is -1.68. The second-order valence-electron chi connectivity index (χ2n) is 2.72. The Balaban J connectivity index is 3.08. The Bertz CT molecular complexity index is 296. The van der Waals surface area contributed by atoms with Gasteiger partial charge in [-0.25, -0.2) is 4.79 Å². The monoisotopic (exact) mass is 168 g/mol. The summed E-state index contributed by atoms with van der Waals surface area (Å²) < 4.78 is 0. The first-order valence-corrected chi connectivity index (χ1v) is 3.35. The number of aliphatic carboxylic acids is 1. The fourth-order valence-electron chi connectivity index (χ4n) is 0.924. The molecular weight excluding hydrogens is 160 g/mol. The van der Waals surface area contributed by atoms with Gasteiger partial charge in [-0.15, -0.1) is 0 Å². The lowest BCUT2D eigenvalue weighted by Crippen LogP contribution is -2.37. The number of carbonyl (C=O) groups is 2. The molecule has 1 unspecified atom stereocenters. The zero-order valence-corrected chi connectivity index (χ0v) is 6.44. The zero-order chi connectivity index (χ0) is 9.35. The van der Waals surface area contributed by atoms with Gasteiger partial charge >= 0.3 is 5.97 Å². The molecule has 0 aliphatic heterocycles. The molecule has 0 amide bonds. The van der Waals surface area contributed by atoms with Crippen molar-refractivity contribution in [2.45, 2.75) is 12.5 Å². The number of hydrogen-bond donors (Lipinski definition) is 2. The van der Waals surface area contributed by atoms with Crippen LogP contribution in [0.5, 0.6) is 0 Å². The number of rotatable bonds is 1. The number of hydrogen-bond acceptors (Lipinski definition) is 3. The van der Waals surface area contributed by atoms with Crippen LogP contribution in [0.2, 0.25) is 0 Å². The number of carboxylic acid groups (broad SMARTS) is 1. The number of ketones is 1. The number of allylic oxidation sites excluding steroid dienone is 2. The second-order valence-corrected chi connectivity index (χ2v) is 2.72. The van der Waals surface area contributed by atoms with Crippen LogP contribution in [0.25, 0.3) is 0 Å². The van der Waals surface area contributed by atoms with Crippen molar-refractivity contribution in [3.05, 3.63) is 23.8 Å². The lowest BCUT2D eigenvalue weighted by atomic mass is 9.90. The molecule has 1 aliphatic carbocycles. The molecule has 0 saturated heterocycles. The van der Waals surface area contributed by atoms with E-state index in [1.54, 1.807) is 0 Å². The standard InChI is InChI=1S/C8H8O4/c1-8(12)4-2-3-5(6(8)9)7(10)11/h2-4,12H,1H3,(H,10,11). The summed E-state index contributed by atoms with van der Waals surface area (Å²) in [6, 6.07) is 0. The lowest BCUT2D eigenvalue weighted by Gasteiger charge is -2.19. The van der Waals surface area contributed by atoms with Crippen molar-refractivity contribution in [1.29, 1.82) is 0 Å². The van der Waals surface area contributed by atoms with Gasteiger partial charge in [-0.2, -0.15) is 0 Å². The third kappa shape index (κ3) is 1.29. The van der Waals surface area contributed by atoms with Gasteiger partial charge in [-0.3, -0.25) is 4.79 Å². The summed E-state index contributed by atoms with van der Waals surface area (Å²) in [6.45, 7) is 1.25. The van der Waals surface area contributed by atoms with E-state index in [0.29, 0.717) is 0 Å². The molecule has 64 valence electrons. The number of aliphatic hydroxyl groups is 1. The molecule has 4 heteroatoms. The van der Waals surface area contributed by atoms with Crippen molar-refractivity contribution in [3.63, 3.8) is 0 Å². The van der Waals surface area contributed by atoms with E-state index in [0.717, 1.165) is 0 Å². The SMILES string of the molecule is CC1(O)C=CC=C(C(=O)O)C1=O. The summed E-state index contributed by atoms with van der Waals surface area (Å²) >= 11 is 0. The van der Waals surface area contributed by atoms with E-state index in [2.05, 4.69) is 0 Å². The average molecular weight is 168 g/mol. The minimum Gasteiger partial charge on any atom is -0.478 e. The van der Waals surface area contributed by atoms with Crippen molar-refractivity contribution in [1.82, 2.24) is 0 Å². The van der Waals surface area contributed by atoms with E-state index >= 15 is 0 Å². The smallest absolute Gasteiger partial charge is 0.339 e. The minimum absolute atomic E-state index is 0.387. The first kappa shape index (κ1) is 8.67. The van der Waals surface area contributed by atoms with E-state index in [1.165, 1.54) is 25.2 Å². The van der Waals surface area contributed by atoms with Gasteiger partial charge in [0.05, 0.1) is 0 Å². The van der Waals surface area contributed by atoms with Crippen molar-refractivity contribution in [2.75, 3.05) is 0 Å². The highest BCUT2D eigenvalue weighted by molar-refractivity contribution is 6.21. The molecule has 1 rings (SSSR count). The molecule has 0 aromatic carbocycles. The molecule has 0 bridgehead atoms. The Morgan fingerprint density at radius 1 is 1.58 bits per heavy atom. The van der Waals surface area contributed by atoms with Gasteiger partial charge in [-0.1, -0.05) is 6.08 Å². The average Bonchev–Trinajstić information content (AvgIpc) is 1.94. The quantitative estimate of drug-likeness (QED) is 0.535. The Morgan fingerprint density at radius 3 is 2.58 bits per heavy atom. The van der Waals surface area contributed by atoms with Crippen LogP contribution in [-0.2, 0) is 9.59 Å². The van der Waals surface area contributed by atoms with Crippen LogP contribution in [-0.4, -0.2) is 27.6 Å². The largest absolute Gasteiger partial charge is 0.478 e. The maximum absolute atomic E-state index is 11.1. The van der Waals surface area contributed by atoms with E-state index in [-0.39, 0.29) is 5.57 Å². The van der Waals surface area contributed by atoms with Gasteiger partial charge in [0.15, 0.2) is 0 Å². The molecule has 1 aliphatic rings. The van der Waals surface area contributed by atoms with Crippen molar-refractivity contribution >= 4 is 11.8 Å². The van der Waals surface area contributed by atoms with E-state index in [9.17, 15) is 14.7 Å². The molecule has 0 aromatic heterocycles. The third-order valence-corrected chi connectivity index (χ3v) is 1.62. The predicted octanol–water partition coefficient (Wildman–Crippen LogP) is -0.113. The normalized spacial score (nSPS) is 28.5. The third-order valence-electron chi connectivity index (χ3n) is 1.62. The van der Waals surface area contributed by atoms with Crippen molar-refractivity contribution in [2.24, 2.45) is 0 Å². The topological polar surface area (TPSA) is 74.6 Å². The Kier molecular flexibility index (Phi) is 1.85. The van der Waals surface area contributed by atoms with Crippen LogP contribution in [0.4, 0.5) is 0 Å². The molecule has 4 nitrogen and oxygen atoms in total. The van der Waals surface area contributed by atoms with Crippen molar-refractivity contribution < 1.29 is 19.8 Å². The van der Waals surface area contributed by atoms with E-state index in [4.69, 9.17) is 5.11 Å². The first-order valence-electron chi connectivity index (χ1n) is 3.35. The van der Waals surface area contributed by atoms with E-state index < -0.39 is 17.4 Å². The summed E-state index contributed by atoms with van der Waals surface area (Å²) in [4.78, 5) is 21.6. The number of Topliss-reactive ketones (excluding diaryl/α,β-unsaturated/α-hetero) is 1. The molecule has 2 N–H and O–H groups in total. The maximum Gasteiger partial charge on any atom is 0.339 e. The first-order chi connectivity index (χ1) is 5.45. The van der Waals surface area contributed by atoms with Gasteiger partial charge in [0.25, 0.3) is 0 Å². The molecule has 12 heavy (non-hydrogen) atoms. The van der Waals surface area contributed by atoms with Crippen molar-refractivity contribution in [3.8, 4) is 0 Å². The molecule has 0 radical (unpaired) electrons. The Labute approximate surface area is 68.8 Å². The fourth-order valence-corrected chi connectivity index (χ4v) is 0.924. The maximum atomic E-state index is 11.1. The molecule has 0 spiro atoms. The summed E-state index contributed by atoms with van der Waals surface area (Å²) in [7, 11) is 0. The van der Waals surface area contributed by atoms with Crippen LogP contribution in [0.1, 0.15) is 6.92 Å². The summed E-state index contributed by atoms with van der Waals surface area (Å²) in [5.74, 6) is -2.10. The number of carbonyl (C=O) groups excluding carboxylic acids is 1. The van der Waals surface area contributed by atoms with Gasteiger partial charge in [0, 0.05) is 0 Å². The highest BCUT2D eigenvalue weighted by Gasteiger charge is 2.34. The lowest BCUT2D eigenvalue weighted by molar-refractivity contribution is -0.138. The highest BCUT2D eigenvalue weighted by Crippen LogP contribution is 2.18. The number of carboxylic acids is 1. The van der Waals surface area contributed by atoms with Crippen LogP contribution in [0.3, 0.4) is 0 Å². The van der Waals surface area contributed by atoms with E-state index in [1.807, 2.05) is 0 Å². The molecule has 1 atom stereocenters. The van der Waals surface area contributed by atoms with Gasteiger partial charge in [0.1, 0.15) is 11.2 Å². The van der Waals surface area contributed by atoms with Crippen LogP contribution in [0.15, 0.2) is 23.8 Å². The van der Waals surface area contributed by atoms with Crippen LogP contribution >= 0.6 is 0 Å². The van der Waals surface area contributed by atoms with Crippen LogP contribution < -0.4 is 0 Å². The second kappa shape index (κ2) is 2.57. The molecule has 0 saturated carbocycles. The van der Waals surface area contributed by atoms with Gasteiger partial charge < -0.3 is 10.2 Å². The summed E-state index contributed by atoms with van der Waals surface area (Å²) in [6.07, 6.45) is 3.77. The zero-order valence-electron chi connectivity index (χ0n) is 6.44. The van der Waals surface area contributed by atoms with Crippen LogP contribution in [0, 0.1) is 0 Å². The molecule has 0 heterocycles. The van der Waals surface area contributed by atoms with Gasteiger partial charge in [-0.05, 0) is 19.1 Å². The Morgan fingerprint density at radius 2 is 2.17 bits per heavy atom. The molecular formula is C8H8O4.